The molecule has 39 heavy (non-hydrogen) atoms. The largest absolute Gasteiger partial charge is 0.386 e. The van der Waals surface area contributed by atoms with E-state index >= 15 is 0 Å². The zero-order chi connectivity index (χ0) is 29.2. The summed E-state index contributed by atoms with van der Waals surface area (Å²) in [5.74, 6) is 0. The van der Waals surface area contributed by atoms with E-state index in [2.05, 4.69) is 18.1 Å². The van der Waals surface area contributed by atoms with Crippen molar-refractivity contribution in [3.05, 3.63) is 113 Å². The molecule has 1 atom stereocenters. The lowest BCUT2D eigenvalue weighted by Gasteiger charge is -2.23. The van der Waals surface area contributed by atoms with Gasteiger partial charge in [-0.15, -0.1) is 0 Å². The molecule has 0 aliphatic heterocycles. The molecule has 1 N–H and O–H groups in total. The van der Waals surface area contributed by atoms with Crippen molar-refractivity contribution in [1.82, 2.24) is 4.98 Å². The number of aliphatic hydroxyl groups is 1. The third kappa shape index (κ3) is 9.90. The van der Waals surface area contributed by atoms with Gasteiger partial charge in [-0.25, -0.2) is 4.98 Å². The standard InChI is InChI=1S/C30H32ClNO4S.C2H6/c1-6-22(27(7-2)30(3,4)33)14-18-29(36-37(5,34)35)24-10-8-9-21(19-24)11-16-26-17-13-23-12-15-25(31)20-28(23)32-26;1-2/h6-13,15-17,19-20,29,33H,1-2,14,18H2,3-5H3;1-2H3/b16-11+,27-22-;. The number of benzene rings is 2. The summed E-state index contributed by atoms with van der Waals surface area (Å²) in [6, 6.07) is 17.0. The van der Waals surface area contributed by atoms with Crippen LogP contribution in [-0.2, 0) is 14.3 Å². The number of aromatic nitrogens is 1. The Morgan fingerprint density at radius 1 is 1.08 bits per heavy atom. The van der Waals surface area contributed by atoms with E-state index in [-0.39, 0.29) is 0 Å². The predicted molar refractivity (Wildman–Crippen MR) is 165 cm³/mol. The van der Waals surface area contributed by atoms with Crippen LogP contribution in [-0.4, -0.2) is 30.4 Å². The van der Waals surface area contributed by atoms with Crippen LogP contribution in [0.25, 0.3) is 23.1 Å². The van der Waals surface area contributed by atoms with Crippen molar-refractivity contribution < 1.29 is 17.7 Å². The molecule has 0 bridgehead atoms. The maximum Gasteiger partial charge on any atom is 0.264 e. The minimum atomic E-state index is -3.72. The van der Waals surface area contributed by atoms with Crippen molar-refractivity contribution in [2.24, 2.45) is 0 Å². The highest BCUT2D eigenvalue weighted by molar-refractivity contribution is 7.86. The van der Waals surface area contributed by atoms with Gasteiger partial charge in [0.15, 0.2) is 0 Å². The summed E-state index contributed by atoms with van der Waals surface area (Å²) in [6.45, 7) is 15.0. The van der Waals surface area contributed by atoms with E-state index in [4.69, 9.17) is 15.8 Å². The molecule has 3 aromatic rings. The topological polar surface area (TPSA) is 76.5 Å². The molecular weight excluding hydrogens is 530 g/mol. The van der Waals surface area contributed by atoms with Gasteiger partial charge in [0.1, 0.15) is 6.10 Å². The lowest BCUT2D eigenvalue weighted by Crippen LogP contribution is -2.22. The zero-order valence-corrected chi connectivity index (χ0v) is 24.9. The summed E-state index contributed by atoms with van der Waals surface area (Å²) < 4.78 is 29.6. The van der Waals surface area contributed by atoms with E-state index in [0.717, 1.165) is 39.6 Å². The molecule has 0 aliphatic rings. The lowest BCUT2D eigenvalue weighted by atomic mass is 9.89. The Bertz CT molecular complexity index is 1470. The van der Waals surface area contributed by atoms with Crippen LogP contribution in [0.15, 0.2) is 91.1 Å². The molecule has 0 amide bonds. The van der Waals surface area contributed by atoms with Gasteiger partial charge in [-0.2, -0.15) is 8.42 Å². The van der Waals surface area contributed by atoms with Crippen LogP contribution in [0.4, 0.5) is 0 Å². The first-order valence-corrected chi connectivity index (χ1v) is 15.0. The highest BCUT2D eigenvalue weighted by Gasteiger charge is 2.22. The van der Waals surface area contributed by atoms with E-state index in [1.807, 2.05) is 80.6 Å². The van der Waals surface area contributed by atoms with Crippen molar-refractivity contribution in [3.63, 3.8) is 0 Å². The fourth-order valence-corrected chi connectivity index (χ4v) is 4.93. The minimum Gasteiger partial charge on any atom is -0.386 e. The molecule has 0 spiro atoms. The summed E-state index contributed by atoms with van der Waals surface area (Å²) >= 11 is 6.10. The molecule has 1 aromatic heterocycles. The van der Waals surface area contributed by atoms with Gasteiger partial charge in [-0.3, -0.25) is 4.18 Å². The Morgan fingerprint density at radius 2 is 1.77 bits per heavy atom. The molecule has 3 rings (SSSR count). The summed E-state index contributed by atoms with van der Waals surface area (Å²) in [7, 11) is -3.72. The molecule has 2 aromatic carbocycles. The summed E-state index contributed by atoms with van der Waals surface area (Å²) in [6.07, 6.45) is 8.20. The Kier molecular flexibility index (Phi) is 11.9. The molecule has 0 fully saturated rings. The summed E-state index contributed by atoms with van der Waals surface area (Å²) in [5, 5.41) is 12.1. The number of rotatable bonds is 11. The quantitative estimate of drug-likeness (QED) is 0.186. The first kappa shape index (κ1) is 32.2. The highest BCUT2D eigenvalue weighted by atomic mass is 35.5. The number of halogens is 1. The molecule has 0 aliphatic carbocycles. The van der Waals surface area contributed by atoms with Crippen LogP contribution >= 0.6 is 11.6 Å². The average Bonchev–Trinajstić information content (AvgIpc) is 2.88. The van der Waals surface area contributed by atoms with Crippen LogP contribution in [0.1, 0.15) is 63.5 Å². The van der Waals surface area contributed by atoms with Crippen molar-refractivity contribution >= 4 is 44.8 Å². The Balaban J connectivity index is 0.00000260. The van der Waals surface area contributed by atoms with Gasteiger partial charge in [0.2, 0.25) is 0 Å². The second-order valence-corrected chi connectivity index (χ2v) is 11.3. The van der Waals surface area contributed by atoms with Crippen molar-refractivity contribution in [2.75, 3.05) is 6.26 Å². The first-order valence-electron chi connectivity index (χ1n) is 12.8. The lowest BCUT2D eigenvalue weighted by molar-refractivity contribution is 0.122. The molecule has 1 heterocycles. The third-order valence-corrected chi connectivity index (χ3v) is 6.64. The number of hydrogen-bond donors (Lipinski definition) is 1. The Morgan fingerprint density at radius 3 is 2.38 bits per heavy atom. The van der Waals surface area contributed by atoms with E-state index in [1.165, 1.54) is 0 Å². The average molecular weight is 568 g/mol. The normalized spacial score (nSPS) is 13.4. The van der Waals surface area contributed by atoms with Crippen LogP contribution in [0.5, 0.6) is 0 Å². The SMILES string of the molecule is C=C/C(CCC(OS(C)(=O)=O)c1cccc(/C=C/c2ccc3ccc(Cl)cc3n2)c1)=C(\C=C)C(C)(C)O.CC. The number of pyridine rings is 1. The Hall–Kier alpha value is -3.03. The van der Waals surface area contributed by atoms with Gasteiger partial charge < -0.3 is 5.11 Å². The van der Waals surface area contributed by atoms with E-state index in [9.17, 15) is 13.5 Å². The third-order valence-electron chi connectivity index (χ3n) is 5.83. The summed E-state index contributed by atoms with van der Waals surface area (Å²) in [4.78, 5) is 4.64. The van der Waals surface area contributed by atoms with Crippen LogP contribution in [0.2, 0.25) is 5.02 Å². The number of hydrogen-bond acceptors (Lipinski definition) is 5. The second-order valence-electron chi connectivity index (χ2n) is 9.31. The molecule has 0 saturated heterocycles. The van der Waals surface area contributed by atoms with Crippen molar-refractivity contribution in [3.8, 4) is 0 Å². The zero-order valence-electron chi connectivity index (χ0n) is 23.3. The van der Waals surface area contributed by atoms with Gasteiger partial charge in [-0.05, 0) is 79.3 Å². The van der Waals surface area contributed by atoms with E-state index in [0.29, 0.717) is 23.4 Å². The molecule has 1 unspecified atom stereocenters. The smallest absolute Gasteiger partial charge is 0.264 e. The van der Waals surface area contributed by atoms with Crippen molar-refractivity contribution in [1.29, 1.82) is 0 Å². The number of allylic oxidation sites excluding steroid dienone is 2. The maximum absolute atomic E-state index is 12.1. The maximum atomic E-state index is 12.1. The minimum absolute atomic E-state index is 0.363. The van der Waals surface area contributed by atoms with Gasteiger partial charge in [0.05, 0.1) is 23.1 Å². The summed E-state index contributed by atoms with van der Waals surface area (Å²) in [5.41, 5.74) is 3.48. The molecule has 0 radical (unpaired) electrons. The monoisotopic (exact) mass is 567 g/mol. The van der Waals surface area contributed by atoms with Crippen LogP contribution < -0.4 is 0 Å². The molecule has 208 valence electrons. The van der Waals surface area contributed by atoms with Crippen molar-refractivity contribution in [2.45, 2.75) is 52.2 Å². The van der Waals surface area contributed by atoms with E-state index in [1.54, 1.807) is 26.0 Å². The highest BCUT2D eigenvalue weighted by Crippen LogP contribution is 2.31. The van der Waals surface area contributed by atoms with Crippen LogP contribution in [0, 0.1) is 0 Å². The Labute approximate surface area is 238 Å². The number of nitrogens with zero attached hydrogens (tertiary/aromatic N) is 1. The van der Waals surface area contributed by atoms with Gasteiger partial charge in [0.25, 0.3) is 10.1 Å². The molecule has 0 saturated carbocycles. The van der Waals surface area contributed by atoms with Gasteiger partial charge >= 0.3 is 0 Å². The molecule has 5 nitrogen and oxygen atoms in total. The molecule has 7 heteroatoms. The first-order chi connectivity index (χ1) is 18.4. The number of fused-ring (bicyclic) bond motifs is 1. The second kappa shape index (κ2) is 14.4. The van der Waals surface area contributed by atoms with Gasteiger partial charge in [-0.1, -0.05) is 87.2 Å². The predicted octanol–water partition coefficient (Wildman–Crippen LogP) is 8.32. The fourth-order valence-electron chi connectivity index (χ4n) is 4.13. The van der Waals surface area contributed by atoms with Crippen LogP contribution in [0.3, 0.4) is 0 Å². The van der Waals surface area contributed by atoms with Gasteiger partial charge in [0, 0.05) is 10.4 Å². The molecular formula is C32H38ClNO4S. The fraction of sp³-hybridized carbons (Fsp3) is 0.281. The van der Waals surface area contributed by atoms with E-state index < -0.39 is 21.8 Å².